The molecule has 1 aromatic carbocycles. The van der Waals surface area contributed by atoms with Crippen molar-refractivity contribution in [3.63, 3.8) is 0 Å². The number of halogens is 3. The van der Waals surface area contributed by atoms with Crippen LogP contribution < -0.4 is 5.32 Å². The average molecular weight is 470 g/mol. The molecule has 0 spiro atoms. The minimum Gasteiger partial charge on any atom is -0.415 e. The van der Waals surface area contributed by atoms with Crippen LogP contribution in [0, 0.1) is 5.82 Å². The van der Waals surface area contributed by atoms with Gasteiger partial charge in [0.15, 0.2) is 0 Å². The van der Waals surface area contributed by atoms with Gasteiger partial charge in [-0.3, -0.25) is 0 Å². The van der Waals surface area contributed by atoms with Gasteiger partial charge in [0.1, 0.15) is 5.82 Å². The summed E-state index contributed by atoms with van der Waals surface area (Å²) in [6.45, 7) is 0.506. The Kier molecular flexibility index (Phi) is 7.09. The number of sulfonamides is 1. The Bertz CT molecular complexity index is 1140. The second kappa shape index (κ2) is 9.61. The summed E-state index contributed by atoms with van der Waals surface area (Å²) in [6, 6.07) is 5.11. The molecule has 3 aromatic rings. The molecule has 32 heavy (non-hydrogen) atoms. The maximum Gasteiger partial charge on any atom is 0.314 e. The molecule has 2 aromatic heterocycles. The van der Waals surface area contributed by atoms with Crippen LogP contribution in [0.5, 0.6) is 0 Å². The highest BCUT2D eigenvalue weighted by atomic mass is 32.2. The van der Waals surface area contributed by atoms with Crippen LogP contribution in [0.3, 0.4) is 0 Å². The van der Waals surface area contributed by atoms with Gasteiger partial charge in [-0.15, -0.1) is 10.2 Å². The molecule has 1 N–H and O–H groups in total. The fourth-order valence-electron chi connectivity index (χ4n) is 3.14. The highest BCUT2D eigenvalue weighted by Crippen LogP contribution is 2.25. The van der Waals surface area contributed by atoms with E-state index in [9.17, 15) is 21.6 Å². The first-order chi connectivity index (χ1) is 14.8. The Hall–Kier alpha value is -3.06. The second-order valence-electron chi connectivity index (χ2n) is 6.82. The number of aromatic nitrogens is 4. The third kappa shape index (κ3) is 5.22. The van der Waals surface area contributed by atoms with E-state index in [1.54, 1.807) is 12.1 Å². The fraction of sp³-hybridized carbons (Fsp3) is 0.368. The highest BCUT2D eigenvalue weighted by Gasteiger charge is 2.31. The molecule has 1 atom stereocenters. The zero-order valence-corrected chi connectivity index (χ0v) is 16.8. The Balaban J connectivity index is 0.00000289. The summed E-state index contributed by atoms with van der Waals surface area (Å²) in [6.07, 6.45) is 0.272. The second-order valence-corrected chi connectivity index (χ2v) is 8.91. The number of hydrogen-bond donors (Lipinski definition) is 1. The normalized spacial score (nSPS) is 16.6. The van der Waals surface area contributed by atoms with Gasteiger partial charge in [0, 0.05) is 25.5 Å². The third-order valence-corrected chi connectivity index (χ3v) is 6.61. The van der Waals surface area contributed by atoms with E-state index in [4.69, 9.17) is 4.42 Å². The van der Waals surface area contributed by atoms with E-state index < -0.39 is 34.2 Å². The summed E-state index contributed by atoms with van der Waals surface area (Å²) in [5, 5.41) is 9.83. The molecule has 0 amide bonds. The Morgan fingerprint density at radius 3 is 2.38 bits per heavy atom. The number of hydrogen-bond acceptors (Lipinski definition) is 8. The summed E-state index contributed by atoms with van der Waals surface area (Å²) in [4.78, 5) is 8.25. The molecule has 0 saturated carbocycles. The van der Waals surface area contributed by atoms with Gasteiger partial charge in [0.05, 0.1) is 17.4 Å². The van der Waals surface area contributed by atoms with Crippen molar-refractivity contribution in [1.29, 1.82) is 0 Å². The van der Waals surface area contributed by atoms with E-state index in [1.807, 2.05) is 0 Å². The van der Waals surface area contributed by atoms with Crippen molar-refractivity contribution in [1.82, 2.24) is 24.5 Å². The lowest BCUT2D eigenvalue weighted by Crippen LogP contribution is -2.33. The quantitative estimate of drug-likeness (QED) is 0.559. The topological polar surface area (TPSA) is 114 Å². The van der Waals surface area contributed by atoms with Gasteiger partial charge in [0.2, 0.25) is 16.0 Å². The molecule has 1 fully saturated rings. The van der Waals surface area contributed by atoms with Crippen molar-refractivity contribution in [3.05, 3.63) is 53.9 Å². The fourth-order valence-corrected chi connectivity index (χ4v) is 4.67. The summed E-state index contributed by atoms with van der Waals surface area (Å²) in [5.74, 6) is -1.14. The molecule has 1 unspecified atom stereocenters. The standard InChI is InChI=1S/C18H17F3N6O3S.CH4/c19-13-4-2-11(3-5-13)14(10-27-6-1-7-31(27,28)29)24-18-22-8-12(9-23-18)16-25-26-17(30-16)15(20)21;/h2-5,8-9,14-15H,1,6-7,10H2,(H,22,23,24);1H4. The van der Waals surface area contributed by atoms with Gasteiger partial charge < -0.3 is 9.73 Å². The van der Waals surface area contributed by atoms with Crippen LogP contribution in [-0.4, -0.2) is 51.7 Å². The van der Waals surface area contributed by atoms with Crippen LogP contribution in [0.25, 0.3) is 11.5 Å². The van der Waals surface area contributed by atoms with E-state index in [-0.39, 0.29) is 37.1 Å². The smallest absolute Gasteiger partial charge is 0.314 e. The van der Waals surface area contributed by atoms with Crippen LogP contribution in [0.15, 0.2) is 41.1 Å². The van der Waals surface area contributed by atoms with Crippen LogP contribution in [0.4, 0.5) is 19.1 Å². The van der Waals surface area contributed by atoms with Crippen LogP contribution >= 0.6 is 0 Å². The molecule has 3 heterocycles. The minimum atomic E-state index is -3.35. The molecule has 0 aliphatic carbocycles. The number of anilines is 1. The first-order valence-corrected chi connectivity index (χ1v) is 10.9. The number of alkyl halides is 2. The molecular weight excluding hydrogens is 449 g/mol. The van der Waals surface area contributed by atoms with Gasteiger partial charge in [-0.1, -0.05) is 19.6 Å². The lowest BCUT2D eigenvalue weighted by atomic mass is 10.1. The number of nitrogens with zero attached hydrogens (tertiary/aromatic N) is 5. The van der Waals surface area contributed by atoms with Crippen molar-refractivity contribution in [2.45, 2.75) is 26.3 Å². The highest BCUT2D eigenvalue weighted by molar-refractivity contribution is 7.89. The predicted octanol–water partition coefficient (Wildman–Crippen LogP) is 3.43. The Morgan fingerprint density at radius 2 is 1.81 bits per heavy atom. The molecule has 4 rings (SSSR count). The number of rotatable bonds is 7. The Morgan fingerprint density at radius 1 is 1.12 bits per heavy atom. The molecule has 1 saturated heterocycles. The number of benzene rings is 1. The molecular formula is C19H21F3N6O3S. The van der Waals surface area contributed by atoms with Crippen molar-refractivity contribution in [3.8, 4) is 11.5 Å². The van der Waals surface area contributed by atoms with Crippen LogP contribution in [-0.2, 0) is 10.0 Å². The maximum absolute atomic E-state index is 13.3. The molecule has 13 heteroatoms. The largest absolute Gasteiger partial charge is 0.415 e. The van der Waals surface area contributed by atoms with Gasteiger partial charge in [-0.05, 0) is 24.1 Å². The van der Waals surface area contributed by atoms with E-state index in [0.717, 1.165) is 0 Å². The SMILES string of the molecule is C.O=S1(=O)CCCN1CC(Nc1ncc(-c2nnc(C(F)F)o2)cn1)c1ccc(F)cc1. The zero-order valence-electron chi connectivity index (χ0n) is 16.0. The minimum absolute atomic E-state index is 0. The van der Waals surface area contributed by atoms with Crippen molar-refractivity contribution >= 4 is 16.0 Å². The van der Waals surface area contributed by atoms with Crippen molar-refractivity contribution < 1.29 is 26.0 Å². The van der Waals surface area contributed by atoms with Crippen molar-refractivity contribution in [2.24, 2.45) is 0 Å². The number of nitrogens with one attached hydrogen (secondary N) is 1. The van der Waals surface area contributed by atoms with E-state index >= 15 is 0 Å². The van der Waals surface area contributed by atoms with E-state index in [2.05, 4.69) is 25.5 Å². The van der Waals surface area contributed by atoms with Crippen LogP contribution in [0.1, 0.15) is 37.8 Å². The lowest BCUT2D eigenvalue weighted by Gasteiger charge is -2.24. The van der Waals surface area contributed by atoms with Crippen LogP contribution in [0.2, 0.25) is 0 Å². The first kappa shape index (κ1) is 23.6. The molecule has 1 aliphatic rings. The van der Waals surface area contributed by atoms with Gasteiger partial charge in [0.25, 0.3) is 11.8 Å². The molecule has 0 bridgehead atoms. The summed E-state index contributed by atoms with van der Waals surface area (Å²) < 4.78 is 69.2. The molecule has 172 valence electrons. The van der Waals surface area contributed by atoms with E-state index in [0.29, 0.717) is 18.5 Å². The lowest BCUT2D eigenvalue weighted by molar-refractivity contribution is 0.116. The Labute approximate surface area is 182 Å². The zero-order chi connectivity index (χ0) is 22.0. The summed E-state index contributed by atoms with van der Waals surface area (Å²) >= 11 is 0. The monoisotopic (exact) mass is 470 g/mol. The van der Waals surface area contributed by atoms with Gasteiger partial charge in [-0.25, -0.2) is 22.8 Å². The average Bonchev–Trinajstić information content (AvgIpc) is 3.36. The van der Waals surface area contributed by atoms with Gasteiger partial charge in [-0.2, -0.15) is 13.1 Å². The maximum atomic E-state index is 13.3. The molecule has 9 nitrogen and oxygen atoms in total. The summed E-state index contributed by atoms with van der Waals surface area (Å²) in [5.41, 5.74) is 0.889. The predicted molar refractivity (Wildman–Crippen MR) is 110 cm³/mol. The summed E-state index contributed by atoms with van der Waals surface area (Å²) in [7, 11) is -3.35. The third-order valence-electron chi connectivity index (χ3n) is 4.69. The first-order valence-electron chi connectivity index (χ1n) is 9.25. The van der Waals surface area contributed by atoms with Crippen molar-refractivity contribution in [2.75, 3.05) is 24.2 Å². The molecule has 0 radical (unpaired) electrons. The van der Waals surface area contributed by atoms with E-state index in [1.165, 1.54) is 28.8 Å². The van der Waals surface area contributed by atoms with Gasteiger partial charge >= 0.3 is 6.43 Å². The molecule has 1 aliphatic heterocycles.